The number of hydrogen-bond acceptors (Lipinski definition) is 5. The lowest BCUT2D eigenvalue weighted by Gasteiger charge is -2.33. The molecule has 6 nitrogen and oxygen atoms in total. The lowest BCUT2D eigenvalue weighted by molar-refractivity contribution is -0.137. The van der Waals surface area contributed by atoms with Gasteiger partial charge in [-0.15, -0.1) is 0 Å². The molecule has 1 saturated carbocycles. The van der Waals surface area contributed by atoms with Gasteiger partial charge in [0.1, 0.15) is 10.7 Å². The number of halogens is 1. The van der Waals surface area contributed by atoms with E-state index in [1.807, 2.05) is 13.0 Å². The molecule has 2 heterocycles. The average Bonchev–Trinajstić information content (AvgIpc) is 3.14. The molecule has 0 spiro atoms. The zero-order valence-electron chi connectivity index (χ0n) is 16.6. The van der Waals surface area contributed by atoms with Crippen molar-refractivity contribution in [1.82, 2.24) is 9.97 Å². The van der Waals surface area contributed by atoms with Gasteiger partial charge in [-0.2, -0.15) is 0 Å². The minimum Gasteiger partial charge on any atom is -0.462 e. The number of aromatic nitrogens is 2. The number of nitrogens with zero attached hydrogens (tertiary/aromatic N) is 1. The lowest BCUT2D eigenvalue weighted by atomic mass is 9.77. The summed E-state index contributed by atoms with van der Waals surface area (Å²) in [6.45, 7) is 3.70. The van der Waals surface area contributed by atoms with Gasteiger partial charge in [-0.1, -0.05) is 11.6 Å². The van der Waals surface area contributed by atoms with Crippen LogP contribution in [0.15, 0.2) is 36.2 Å². The molecule has 1 aliphatic carbocycles. The summed E-state index contributed by atoms with van der Waals surface area (Å²) < 4.78 is 5.11. The highest BCUT2D eigenvalue weighted by atomic mass is 35.5. The van der Waals surface area contributed by atoms with Gasteiger partial charge in [0.15, 0.2) is 0 Å². The van der Waals surface area contributed by atoms with Crippen LogP contribution in [0.1, 0.15) is 67.1 Å². The number of pyridine rings is 1. The number of esters is 1. The SMILES string of the molecule is CCOC(=O)C(=Cc1[nH]ccc1C1CCC(C)(O)CC1)C(=O)c1cccnc1Cl. The van der Waals surface area contributed by atoms with Gasteiger partial charge in [0.25, 0.3) is 0 Å². The lowest BCUT2D eigenvalue weighted by Crippen LogP contribution is -2.29. The predicted octanol–water partition coefficient (Wildman–Crippen LogP) is 4.30. The van der Waals surface area contributed by atoms with E-state index in [0.717, 1.165) is 18.4 Å². The molecule has 154 valence electrons. The molecule has 0 aromatic carbocycles. The molecule has 0 unspecified atom stereocenters. The van der Waals surface area contributed by atoms with Crippen molar-refractivity contribution in [1.29, 1.82) is 0 Å². The number of hydrogen-bond donors (Lipinski definition) is 2. The Bertz CT molecular complexity index is 922. The number of aliphatic hydroxyl groups is 1. The number of carbonyl (C=O) groups is 2. The molecule has 7 heteroatoms. The van der Waals surface area contributed by atoms with Crippen molar-refractivity contribution in [2.45, 2.75) is 51.0 Å². The summed E-state index contributed by atoms with van der Waals surface area (Å²) in [5.74, 6) is -0.994. The summed E-state index contributed by atoms with van der Waals surface area (Å²) in [5, 5.41) is 10.3. The Morgan fingerprint density at radius 3 is 2.76 bits per heavy atom. The molecule has 2 aromatic heterocycles. The maximum Gasteiger partial charge on any atom is 0.342 e. The Labute approximate surface area is 175 Å². The molecule has 0 amide bonds. The van der Waals surface area contributed by atoms with Crippen LogP contribution in [-0.2, 0) is 9.53 Å². The minimum absolute atomic E-state index is 0.0360. The second-order valence-electron chi connectivity index (χ2n) is 7.57. The highest BCUT2D eigenvalue weighted by molar-refractivity contribution is 6.36. The van der Waals surface area contributed by atoms with Crippen LogP contribution in [0.3, 0.4) is 0 Å². The number of Topliss-reactive ketones (excluding diaryl/α,β-unsaturated/α-hetero) is 1. The van der Waals surface area contributed by atoms with Crippen LogP contribution < -0.4 is 0 Å². The number of H-pyrrole nitrogens is 1. The third-order valence-electron chi connectivity index (χ3n) is 5.35. The molecular formula is C22H25ClN2O4. The number of carbonyl (C=O) groups excluding carboxylic acids is 2. The summed E-state index contributed by atoms with van der Waals surface area (Å²) in [7, 11) is 0. The molecule has 0 saturated heterocycles. The number of aromatic amines is 1. The molecule has 0 aliphatic heterocycles. The van der Waals surface area contributed by atoms with Crippen molar-refractivity contribution >= 4 is 29.4 Å². The first-order valence-corrected chi connectivity index (χ1v) is 10.1. The third kappa shape index (κ3) is 4.95. The van der Waals surface area contributed by atoms with E-state index >= 15 is 0 Å². The van der Waals surface area contributed by atoms with Gasteiger partial charge in [0.2, 0.25) is 5.78 Å². The second kappa shape index (κ2) is 8.93. The van der Waals surface area contributed by atoms with Crippen LogP contribution in [0.5, 0.6) is 0 Å². The van der Waals surface area contributed by atoms with Crippen molar-refractivity contribution in [3.63, 3.8) is 0 Å². The molecule has 0 atom stereocenters. The maximum atomic E-state index is 13.0. The molecule has 3 rings (SSSR count). The molecule has 1 aliphatic rings. The molecule has 0 bridgehead atoms. The van der Waals surface area contributed by atoms with E-state index in [4.69, 9.17) is 16.3 Å². The van der Waals surface area contributed by atoms with Gasteiger partial charge < -0.3 is 14.8 Å². The smallest absolute Gasteiger partial charge is 0.342 e. The van der Waals surface area contributed by atoms with E-state index in [9.17, 15) is 14.7 Å². The van der Waals surface area contributed by atoms with E-state index in [1.54, 1.807) is 19.2 Å². The summed E-state index contributed by atoms with van der Waals surface area (Å²) >= 11 is 6.06. The Hall–Kier alpha value is -2.44. The first-order chi connectivity index (χ1) is 13.8. The highest BCUT2D eigenvalue weighted by Crippen LogP contribution is 2.39. The van der Waals surface area contributed by atoms with Crippen LogP contribution in [-0.4, -0.2) is 39.0 Å². The number of ether oxygens (including phenoxy) is 1. The van der Waals surface area contributed by atoms with Gasteiger partial charge in [0.05, 0.1) is 17.8 Å². The van der Waals surface area contributed by atoms with E-state index in [-0.39, 0.29) is 28.8 Å². The van der Waals surface area contributed by atoms with Crippen molar-refractivity contribution in [3.8, 4) is 0 Å². The van der Waals surface area contributed by atoms with Crippen LogP contribution in [0.25, 0.3) is 6.08 Å². The van der Waals surface area contributed by atoms with Crippen molar-refractivity contribution in [3.05, 3.63) is 58.1 Å². The minimum atomic E-state index is -0.704. The first-order valence-electron chi connectivity index (χ1n) is 9.76. The second-order valence-corrected chi connectivity index (χ2v) is 7.93. The molecule has 0 radical (unpaired) electrons. The van der Waals surface area contributed by atoms with Gasteiger partial charge >= 0.3 is 5.97 Å². The van der Waals surface area contributed by atoms with E-state index in [0.29, 0.717) is 18.5 Å². The third-order valence-corrected chi connectivity index (χ3v) is 5.65. The number of nitrogens with one attached hydrogen (secondary N) is 1. The zero-order valence-corrected chi connectivity index (χ0v) is 17.3. The summed E-state index contributed by atoms with van der Waals surface area (Å²) in [5.41, 5.74) is 1.12. The summed E-state index contributed by atoms with van der Waals surface area (Å²) in [4.78, 5) is 32.6. The summed E-state index contributed by atoms with van der Waals surface area (Å²) in [6.07, 6.45) is 7.89. The van der Waals surface area contributed by atoms with Crippen molar-refractivity contribution in [2.75, 3.05) is 6.61 Å². The van der Waals surface area contributed by atoms with Crippen LogP contribution >= 0.6 is 11.6 Å². The Kier molecular flexibility index (Phi) is 6.55. The Morgan fingerprint density at radius 1 is 1.38 bits per heavy atom. The molecule has 2 N–H and O–H groups in total. The summed E-state index contributed by atoms with van der Waals surface area (Å²) in [6, 6.07) is 5.08. The zero-order chi connectivity index (χ0) is 21.0. The normalized spacial score (nSPS) is 22.3. The van der Waals surface area contributed by atoms with Crippen molar-refractivity contribution < 1.29 is 19.4 Å². The fourth-order valence-corrected chi connectivity index (χ4v) is 3.90. The largest absolute Gasteiger partial charge is 0.462 e. The monoisotopic (exact) mass is 416 g/mol. The quantitative estimate of drug-likeness (QED) is 0.183. The van der Waals surface area contributed by atoms with Gasteiger partial charge in [0, 0.05) is 18.1 Å². The van der Waals surface area contributed by atoms with E-state index in [1.165, 1.54) is 18.3 Å². The van der Waals surface area contributed by atoms with Crippen LogP contribution in [0, 0.1) is 0 Å². The molecule has 29 heavy (non-hydrogen) atoms. The molecule has 2 aromatic rings. The van der Waals surface area contributed by atoms with Crippen LogP contribution in [0.2, 0.25) is 5.15 Å². The highest BCUT2D eigenvalue weighted by Gasteiger charge is 2.31. The maximum absolute atomic E-state index is 13.0. The van der Waals surface area contributed by atoms with Crippen molar-refractivity contribution in [2.24, 2.45) is 0 Å². The Morgan fingerprint density at radius 2 is 2.10 bits per heavy atom. The van der Waals surface area contributed by atoms with Crippen LogP contribution in [0.4, 0.5) is 0 Å². The Balaban J connectivity index is 1.96. The average molecular weight is 417 g/mol. The van der Waals surface area contributed by atoms with Gasteiger partial charge in [-0.25, -0.2) is 9.78 Å². The fourth-order valence-electron chi connectivity index (χ4n) is 3.70. The first kappa shape index (κ1) is 21.3. The molecular weight excluding hydrogens is 392 g/mol. The van der Waals surface area contributed by atoms with E-state index < -0.39 is 17.4 Å². The van der Waals surface area contributed by atoms with E-state index in [2.05, 4.69) is 9.97 Å². The van der Waals surface area contributed by atoms with Gasteiger partial charge in [-0.05, 0) is 75.3 Å². The number of ketones is 1. The number of rotatable bonds is 6. The standard InChI is InChI=1S/C22H25ClN2O4/c1-3-29-21(27)17(19(26)16-5-4-11-25-20(16)23)13-18-15(8-12-24-18)14-6-9-22(2,28)10-7-14/h4-5,8,11-14,24,28H,3,6-7,9-10H2,1-2H3. The topological polar surface area (TPSA) is 92.3 Å². The molecule has 1 fully saturated rings. The van der Waals surface area contributed by atoms with Gasteiger partial charge in [-0.3, -0.25) is 4.79 Å². The predicted molar refractivity (Wildman–Crippen MR) is 111 cm³/mol. The fraction of sp³-hybridized carbons (Fsp3) is 0.409.